The molecule has 0 spiro atoms. The average molecular weight is 168 g/mol. The predicted octanol–water partition coefficient (Wildman–Crippen LogP) is 2.00. The second-order valence-electron chi connectivity index (χ2n) is 2.63. The highest BCUT2D eigenvalue weighted by molar-refractivity contribution is 5.75. The lowest BCUT2D eigenvalue weighted by Gasteiger charge is -1.94. The molecule has 0 unspecified atom stereocenters. The van der Waals surface area contributed by atoms with E-state index in [0.717, 1.165) is 16.6 Å². The molecule has 0 bridgehead atoms. The van der Waals surface area contributed by atoms with Crippen LogP contribution in [-0.2, 0) is 0 Å². The van der Waals surface area contributed by atoms with Crippen molar-refractivity contribution in [2.45, 2.75) is 6.92 Å². The van der Waals surface area contributed by atoms with Crippen molar-refractivity contribution in [1.29, 1.82) is 0 Å². The molecule has 0 fully saturated rings. The molecule has 62 valence electrons. The van der Waals surface area contributed by atoms with E-state index in [4.69, 9.17) is 0 Å². The van der Waals surface area contributed by atoms with Crippen LogP contribution in [0.15, 0.2) is 30.6 Å². The number of hydrogen-bond donors (Lipinski definition) is 0. The Morgan fingerprint density at radius 3 is 2.62 bits per heavy atom. The lowest BCUT2D eigenvalue weighted by molar-refractivity contribution is 1.29. The maximum Gasteiger partial charge on any atom is 0.0899 e. The highest BCUT2D eigenvalue weighted by Crippen LogP contribution is 2.09. The summed E-state index contributed by atoms with van der Waals surface area (Å²) >= 11 is 0. The normalized spacial score (nSPS) is 9.31. The number of nitrogens with zero attached hydrogens (tertiary/aromatic N) is 2. The van der Waals surface area contributed by atoms with E-state index in [0.29, 0.717) is 0 Å². The minimum atomic E-state index is 0.891. The molecule has 13 heavy (non-hydrogen) atoms. The molecule has 0 saturated heterocycles. The van der Waals surface area contributed by atoms with Crippen LogP contribution >= 0.6 is 0 Å². The minimum Gasteiger partial charge on any atom is -0.253 e. The van der Waals surface area contributed by atoms with Crippen molar-refractivity contribution in [3.05, 3.63) is 36.2 Å². The molecule has 0 radical (unpaired) electrons. The van der Waals surface area contributed by atoms with Crippen LogP contribution in [0.4, 0.5) is 0 Å². The first-order valence-electron chi connectivity index (χ1n) is 4.03. The first-order chi connectivity index (χ1) is 6.40. The van der Waals surface area contributed by atoms with Crippen molar-refractivity contribution in [3.8, 4) is 11.8 Å². The third kappa shape index (κ3) is 1.50. The van der Waals surface area contributed by atoms with E-state index in [1.165, 1.54) is 0 Å². The first-order valence-corrected chi connectivity index (χ1v) is 4.03. The molecule has 0 aliphatic rings. The lowest BCUT2D eigenvalue weighted by Crippen LogP contribution is -1.82. The van der Waals surface area contributed by atoms with Gasteiger partial charge < -0.3 is 0 Å². The summed E-state index contributed by atoms with van der Waals surface area (Å²) in [5, 5.41) is 0. The molecule has 1 aromatic carbocycles. The van der Waals surface area contributed by atoms with Crippen LogP contribution in [0.5, 0.6) is 0 Å². The second kappa shape index (κ2) is 3.24. The highest BCUT2D eigenvalue weighted by atomic mass is 14.8. The van der Waals surface area contributed by atoms with E-state index in [9.17, 15) is 0 Å². The van der Waals surface area contributed by atoms with Gasteiger partial charge >= 0.3 is 0 Å². The smallest absolute Gasteiger partial charge is 0.0899 e. The van der Waals surface area contributed by atoms with Crippen molar-refractivity contribution in [2.24, 2.45) is 0 Å². The van der Waals surface area contributed by atoms with Crippen LogP contribution in [0, 0.1) is 11.8 Å². The molecule has 2 nitrogen and oxygen atoms in total. The Bertz CT molecular complexity index is 492. The Kier molecular flexibility index (Phi) is 1.93. The van der Waals surface area contributed by atoms with Gasteiger partial charge in [-0.3, -0.25) is 9.97 Å². The zero-order valence-electron chi connectivity index (χ0n) is 7.28. The van der Waals surface area contributed by atoms with E-state index in [2.05, 4.69) is 21.8 Å². The summed E-state index contributed by atoms with van der Waals surface area (Å²) in [4.78, 5) is 8.37. The molecule has 0 amide bonds. The standard InChI is InChI=1S/C11H8N2/c1-2-3-9-4-5-10-11(8-9)13-7-6-12-10/h4-8H,1H3. The Morgan fingerprint density at radius 2 is 1.85 bits per heavy atom. The van der Waals surface area contributed by atoms with E-state index in [1.807, 2.05) is 25.1 Å². The van der Waals surface area contributed by atoms with Crippen LogP contribution < -0.4 is 0 Å². The summed E-state index contributed by atoms with van der Waals surface area (Å²) < 4.78 is 0. The van der Waals surface area contributed by atoms with Gasteiger partial charge in [-0.05, 0) is 25.1 Å². The summed E-state index contributed by atoms with van der Waals surface area (Å²) in [5.74, 6) is 5.83. The molecule has 0 atom stereocenters. The molecule has 2 heteroatoms. The molecule has 0 aliphatic carbocycles. The van der Waals surface area contributed by atoms with Crippen LogP contribution in [0.25, 0.3) is 11.0 Å². The van der Waals surface area contributed by atoms with Gasteiger partial charge in [0.25, 0.3) is 0 Å². The molecule has 0 N–H and O–H groups in total. The SMILES string of the molecule is CC#Cc1ccc2nccnc2c1. The van der Waals surface area contributed by atoms with Crippen LogP contribution in [0.2, 0.25) is 0 Å². The largest absolute Gasteiger partial charge is 0.253 e. The molecule has 1 aromatic heterocycles. The number of rotatable bonds is 0. The van der Waals surface area contributed by atoms with Gasteiger partial charge in [-0.15, -0.1) is 5.92 Å². The fourth-order valence-electron chi connectivity index (χ4n) is 1.19. The van der Waals surface area contributed by atoms with Gasteiger partial charge in [-0.25, -0.2) is 0 Å². The van der Waals surface area contributed by atoms with Gasteiger partial charge in [-0.2, -0.15) is 0 Å². The summed E-state index contributed by atoms with van der Waals surface area (Å²) in [7, 11) is 0. The van der Waals surface area contributed by atoms with Crippen molar-refractivity contribution < 1.29 is 0 Å². The van der Waals surface area contributed by atoms with Crippen LogP contribution in [0.3, 0.4) is 0 Å². The number of aromatic nitrogens is 2. The highest BCUT2D eigenvalue weighted by Gasteiger charge is 1.94. The molecular weight excluding hydrogens is 160 g/mol. The van der Waals surface area contributed by atoms with E-state index < -0.39 is 0 Å². The maximum atomic E-state index is 4.19. The second-order valence-corrected chi connectivity index (χ2v) is 2.63. The number of hydrogen-bond acceptors (Lipinski definition) is 2. The number of benzene rings is 1. The lowest BCUT2D eigenvalue weighted by atomic mass is 10.2. The van der Waals surface area contributed by atoms with Gasteiger partial charge in [-0.1, -0.05) is 5.92 Å². The zero-order valence-corrected chi connectivity index (χ0v) is 7.28. The third-order valence-electron chi connectivity index (χ3n) is 1.74. The van der Waals surface area contributed by atoms with E-state index >= 15 is 0 Å². The van der Waals surface area contributed by atoms with Gasteiger partial charge in [0.05, 0.1) is 11.0 Å². The first kappa shape index (κ1) is 7.75. The summed E-state index contributed by atoms with van der Waals surface area (Å²) in [6.07, 6.45) is 3.37. The van der Waals surface area contributed by atoms with Crippen LogP contribution in [-0.4, -0.2) is 9.97 Å². The topological polar surface area (TPSA) is 25.8 Å². The summed E-state index contributed by atoms with van der Waals surface area (Å²) in [6, 6.07) is 5.83. The number of fused-ring (bicyclic) bond motifs is 1. The van der Waals surface area contributed by atoms with Crippen molar-refractivity contribution in [3.63, 3.8) is 0 Å². The van der Waals surface area contributed by atoms with Crippen molar-refractivity contribution >= 4 is 11.0 Å². The quantitative estimate of drug-likeness (QED) is 0.562. The molecule has 0 saturated carbocycles. The van der Waals surface area contributed by atoms with E-state index in [1.54, 1.807) is 12.4 Å². The van der Waals surface area contributed by atoms with Crippen LogP contribution in [0.1, 0.15) is 12.5 Å². The average Bonchev–Trinajstić information content (AvgIpc) is 2.18. The molecule has 1 heterocycles. The fourth-order valence-corrected chi connectivity index (χ4v) is 1.19. The van der Waals surface area contributed by atoms with Gasteiger partial charge in [0, 0.05) is 18.0 Å². The Balaban J connectivity index is 2.66. The van der Waals surface area contributed by atoms with Gasteiger partial charge in [0.15, 0.2) is 0 Å². The van der Waals surface area contributed by atoms with E-state index in [-0.39, 0.29) is 0 Å². The third-order valence-corrected chi connectivity index (χ3v) is 1.74. The Morgan fingerprint density at radius 1 is 1.08 bits per heavy atom. The molecule has 2 aromatic rings. The van der Waals surface area contributed by atoms with Crippen molar-refractivity contribution in [1.82, 2.24) is 9.97 Å². The van der Waals surface area contributed by atoms with Crippen molar-refractivity contribution in [2.75, 3.05) is 0 Å². The molecular formula is C11H8N2. The summed E-state index contributed by atoms with van der Waals surface area (Å²) in [6.45, 7) is 1.82. The molecule has 0 aliphatic heterocycles. The maximum absolute atomic E-state index is 4.19. The van der Waals surface area contributed by atoms with Gasteiger partial charge in [0.2, 0.25) is 0 Å². The fraction of sp³-hybridized carbons (Fsp3) is 0.0909. The minimum absolute atomic E-state index is 0.891. The summed E-state index contributed by atoms with van der Waals surface area (Å²) in [5.41, 5.74) is 2.78. The molecule has 2 rings (SSSR count). The zero-order chi connectivity index (χ0) is 9.10. The Labute approximate surface area is 76.6 Å². The predicted molar refractivity (Wildman–Crippen MR) is 52.1 cm³/mol. The Hall–Kier alpha value is -1.88. The monoisotopic (exact) mass is 168 g/mol. The van der Waals surface area contributed by atoms with Gasteiger partial charge in [0.1, 0.15) is 0 Å².